The summed E-state index contributed by atoms with van der Waals surface area (Å²) in [6.45, 7) is 10.3. The number of aromatic nitrogens is 3. The maximum absolute atomic E-state index is 14.3. The zero-order valence-corrected chi connectivity index (χ0v) is 16.5. The summed E-state index contributed by atoms with van der Waals surface area (Å²) in [5.41, 5.74) is 1.04. The van der Waals surface area contributed by atoms with Gasteiger partial charge in [-0.3, -0.25) is 0 Å². The van der Waals surface area contributed by atoms with Crippen LogP contribution in [0.4, 0.5) is 4.39 Å². The second-order valence-electron chi connectivity index (χ2n) is 6.38. The lowest BCUT2D eigenvalue weighted by molar-refractivity contribution is 0.492. The molecule has 3 nitrogen and oxygen atoms in total. The van der Waals surface area contributed by atoms with E-state index in [0.29, 0.717) is 16.4 Å². The second kappa shape index (κ2) is 8.45. The Labute approximate surface area is 159 Å². The lowest BCUT2D eigenvalue weighted by Gasteiger charge is -2.28. The molecule has 2 aromatic rings. The van der Waals surface area contributed by atoms with E-state index in [-0.39, 0.29) is 5.41 Å². The highest BCUT2D eigenvalue weighted by molar-refractivity contribution is 6.30. The average molecular weight is 374 g/mol. The molecule has 0 spiro atoms. The lowest BCUT2D eigenvalue weighted by Crippen LogP contribution is -2.27. The lowest BCUT2D eigenvalue weighted by atomic mass is 9.78. The van der Waals surface area contributed by atoms with E-state index in [0.717, 1.165) is 24.2 Å². The van der Waals surface area contributed by atoms with Crippen molar-refractivity contribution in [3.8, 4) is 11.4 Å². The number of hydrogen-bond acceptors (Lipinski definition) is 2. The third-order valence-corrected chi connectivity index (χ3v) is 4.99. The van der Waals surface area contributed by atoms with E-state index in [9.17, 15) is 4.39 Å². The van der Waals surface area contributed by atoms with E-state index in [1.54, 1.807) is 12.1 Å². The minimum Gasteiger partial charge on any atom is -0.313 e. The topological polar surface area (TPSA) is 30.7 Å². The van der Waals surface area contributed by atoms with Crippen molar-refractivity contribution in [3.05, 3.63) is 71.3 Å². The molecule has 26 heavy (non-hydrogen) atoms. The Hall–Kier alpha value is -2.20. The molecule has 0 radical (unpaired) electrons. The van der Waals surface area contributed by atoms with Crippen LogP contribution < -0.4 is 0 Å². The molecule has 1 aromatic carbocycles. The van der Waals surface area contributed by atoms with Crippen molar-refractivity contribution in [2.75, 3.05) is 0 Å². The monoisotopic (exact) mass is 373 g/mol. The van der Waals surface area contributed by atoms with Gasteiger partial charge in [-0.25, -0.2) is 4.39 Å². The number of benzene rings is 1. The van der Waals surface area contributed by atoms with Gasteiger partial charge in [0.15, 0.2) is 5.82 Å². The Morgan fingerprint density at radius 2 is 2.08 bits per heavy atom. The molecular weight excluding hydrogens is 349 g/mol. The second-order valence-corrected chi connectivity index (χ2v) is 6.82. The van der Waals surface area contributed by atoms with Gasteiger partial charge in [0.1, 0.15) is 11.6 Å². The average Bonchev–Trinajstić information content (AvgIpc) is 3.00. The summed E-state index contributed by atoms with van der Waals surface area (Å²) >= 11 is 5.86. The molecule has 0 aliphatic heterocycles. The van der Waals surface area contributed by atoms with Crippen LogP contribution in [0, 0.1) is 5.82 Å². The van der Waals surface area contributed by atoms with Crippen LogP contribution in [-0.2, 0) is 12.5 Å². The molecule has 138 valence electrons. The molecule has 2 rings (SSSR count). The first-order valence-corrected chi connectivity index (χ1v) is 9.11. The number of allylic oxidation sites excluding steroid dienone is 5. The van der Waals surface area contributed by atoms with Crippen LogP contribution in [0.5, 0.6) is 0 Å². The molecule has 0 aliphatic carbocycles. The van der Waals surface area contributed by atoms with Crippen LogP contribution in [-0.4, -0.2) is 14.8 Å². The smallest absolute Gasteiger partial charge is 0.166 e. The van der Waals surface area contributed by atoms with E-state index in [1.807, 2.05) is 23.8 Å². The van der Waals surface area contributed by atoms with Crippen molar-refractivity contribution in [3.63, 3.8) is 0 Å². The molecule has 1 unspecified atom stereocenters. The van der Waals surface area contributed by atoms with Gasteiger partial charge in [0.05, 0.1) is 11.0 Å². The van der Waals surface area contributed by atoms with Crippen molar-refractivity contribution in [1.82, 2.24) is 14.8 Å². The quantitative estimate of drug-likeness (QED) is 0.555. The van der Waals surface area contributed by atoms with Crippen molar-refractivity contribution in [2.45, 2.75) is 39.0 Å². The van der Waals surface area contributed by atoms with Crippen molar-refractivity contribution < 1.29 is 4.39 Å². The van der Waals surface area contributed by atoms with Crippen molar-refractivity contribution in [1.29, 1.82) is 0 Å². The van der Waals surface area contributed by atoms with Gasteiger partial charge < -0.3 is 4.57 Å². The SMILES string of the molecule is C=C/C(=C\C=C/CC)C(C)(CC)c1nnc(-c2ccc(Cl)cc2F)n1C. The fourth-order valence-corrected chi connectivity index (χ4v) is 3.15. The van der Waals surface area contributed by atoms with Gasteiger partial charge in [0.25, 0.3) is 0 Å². The van der Waals surface area contributed by atoms with E-state index in [2.05, 4.69) is 49.7 Å². The van der Waals surface area contributed by atoms with Crippen LogP contribution in [0.2, 0.25) is 5.02 Å². The molecule has 0 aliphatic rings. The Morgan fingerprint density at radius 3 is 2.65 bits per heavy atom. The van der Waals surface area contributed by atoms with Gasteiger partial charge in [-0.1, -0.05) is 56.3 Å². The molecule has 1 aromatic heterocycles. The first kappa shape index (κ1) is 20.1. The van der Waals surface area contributed by atoms with Crippen LogP contribution >= 0.6 is 11.6 Å². The number of halogens is 2. The highest BCUT2D eigenvalue weighted by atomic mass is 35.5. The maximum atomic E-state index is 14.3. The number of hydrogen-bond donors (Lipinski definition) is 0. The normalized spacial score (nSPS) is 14.6. The van der Waals surface area contributed by atoms with Crippen LogP contribution in [0.15, 0.2) is 54.7 Å². The molecule has 5 heteroatoms. The number of rotatable bonds is 7. The molecule has 0 bridgehead atoms. The van der Waals surface area contributed by atoms with Gasteiger partial charge in [-0.05, 0) is 43.5 Å². The van der Waals surface area contributed by atoms with Gasteiger partial charge >= 0.3 is 0 Å². The van der Waals surface area contributed by atoms with E-state index in [1.165, 1.54) is 6.07 Å². The summed E-state index contributed by atoms with van der Waals surface area (Å²) in [6.07, 6.45) is 9.79. The Bertz CT molecular complexity index is 851. The fraction of sp³-hybridized carbons (Fsp3) is 0.333. The molecular formula is C21H25ClFN3. The Balaban J connectivity index is 2.56. The zero-order chi connectivity index (χ0) is 19.3. The van der Waals surface area contributed by atoms with E-state index < -0.39 is 5.82 Å². The summed E-state index contributed by atoms with van der Waals surface area (Å²) in [6, 6.07) is 4.57. The predicted octanol–water partition coefficient (Wildman–Crippen LogP) is 6.02. The van der Waals surface area contributed by atoms with Gasteiger partial charge in [0.2, 0.25) is 0 Å². The first-order valence-electron chi connectivity index (χ1n) is 8.74. The molecule has 0 saturated carbocycles. The molecule has 0 N–H and O–H groups in total. The van der Waals surface area contributed by atoms with Gasteiger partial charge in [-0.15, -0.1) is 10.2 Å². The highest BCUT2D eigenvalue weighted by Gasteiger charge is 2.33. The summed E-state index contributed by atoms with van der Waals surface area (Å²) < 4.78 is 16.2. The summed E-state index contributed by atoms with van der Waals surface area (Å²) in [5, 5.41) is 9.00. The van der Waals surface area contributed by atoms with Crippen LogP contribution in [0.3, 0.4) is 0 Å². The highest BCUT2D eigenvalue weighted by Crippen LogP contribution is 2.36. The molecule has 0 amide bonds. The van der Waals surface area contributed by atoms with Crippen LogP contribution in [0.1, 0.15) is 39.4 Å². The summed E-state index contributed by atoms with van der Waals surface area (Å²) in [5.74, 6) is 0.824. The standard InChI is InChI=1S/C21H25ClFN3/c1-6-9-10-11-15(7-2)21(4,8-3)20-25-24-19(26(20)5)17-13-12-16(22)14-18(17)23/h7,9-14H,2,6,8H2,1,3-5H3/b10-9-,15-11+. The predicted molar refractivity (Wildman–Crippen MR) is 107 cm³/mol. The van der Waals surface area contributed by atoms with Crippen LogP contribution in [0.25, 0.3) is 11.4 Å². The van der Waals surface area contributed by atoms with E-state index >= 15 is 0 Å². The minimum atomic E-state index is -0.414. The first-order chi connectivity index (χ1) is 12.4. The molecule has 0 saturated heterocycles. The number of nitrogens with zero attached hydrogens (tertiary/aromatic N) is 3. The third-order valence-electron chi connectivity index (χ3n) is 4.75. The van der Waals surface area contributed by atoms with Gasteiger partial charge in [0, 0.05) is 12.1 Å². The largest absolute Gasteiger partial charge is 0.313 e. The van der Waals surface area contributed by atoms with Crippen molar-refractivity contribution >= 4 is 11.6 Å². The third kappa shape index (κ3) is 3.80. The maximum Gasteiger partial charge on any atom is 0.166 e. The fourth-order valence-electron chi connectivity index (χ4n) is 2.99. The van der Waals surface area contributed by atoms with Crippen molar-refractivity contribution in [2.24, 2.45) is 7.05 Å². The van der Waals surface area contributed by atoms with Gasteiger partial charge in [-0.2, -0.15) is 0 Å². The molecule has 0 fully saturated rings. The summed E-state index contributed by atoms with van der Waals surface area (Å²) in [7, 11) is 1.86. The molecule has 1 atom stereocenters. The Kier molecular flexibility index (Phi) is 6.54. The summed E-state index contributed by atoms with van der Waals surface area (Å²) in [4.78, 5) is 0. The Morgan fingerprint density at radius 1 is 1.35 bits per heavy atom. The minimum absolute atomic E-state index is 0.353. The molecule has 1 heterocycles. The zero-order valence-electron chi connectivity index (χ0n) is 15.8. The van der Waals surface area contributed by atoms with E-state index in [4.69, 9.17) is 11.6 Å².